The highest BCUT2D eigenvalue weighted by Crippen LogP contribution is 2.17. The number of carbonyl (C=O) groups is 3. The lowest BCUT2D eigenvalue weighted by Crippen LogP contribution is -2.39. The minimum Gasteiger partial charge on any atom is -0.324 e. The number of nitrogens with one attached hydrogen (secondary N) is 3. The number of hydrogen-bond acceptors (Lipinski definition) is 3. The number of para-hydroxylation sites is 1. The maximum absolute atomic E-state index is 12.8. The highest BCUT2D eigenvalue weighted by Gasteiger charge is 2.23. The van der Waals surface area contributed by atoms with Crippen LogP contribution in [0, 0.1) is 0 Å². The zero-order valence-corrected chi connectivity index (χ0v) is 15.9. The average molecular weight is 387 g/mol. The van der Waals surface area contributed by atoms with Crippen LogP contribution in [0.5, 0.6) is 0 Å². The van der Waals surface area contributed by atoms with Crippen LogP contribution < -0.4 is 16.0 Å². The molecule has 0 spiro atoms. The van der Waals surface area contributed by atoms with Crippen molar-refractivity contribution in [3.63, 3.8) is 0 Å². The van der Waals surface area contributed by atoms with E-state index in [4.69, 9.17) is 0 Å². The Kier molecular flexibility index (Phi) is 6.37. The van der Waals surface area contributed by atoms with Gasteiger partial charge in [-0.3, -0.25) is 9.59 Å². The minimum atomic E-state index is -0.882. The average Bonchev–Trinajstić information content (AvgIpc) is 2.73. The van der Waals surface area contributed by atoms with Gasteiger partial charge in [-0.2, -0.15) is 0 Å². The SMILES string of the molecule is CC(=O)c1ccc(NC(=O)NC(C(=O)Nc2ccccc2)c2ccccc2)cc1. The first kappa shape index (κ1) is 19.8. The monoisotopic (exact) mass is 387 g/mol. The maximum Gasteiger partial charge on any atom is 0.320 e. The van der Waals surface area contributed by atoms with Crippen LogP contribution in [-0.2, 0) is 4.79 Å². The van der Waals surface area contributed by atoms with Crippen LogP contribution in [-0.4, -0.2) is 17.7 Å². The van der Waals surface area contributed by atoms with Crippen molar-refractivity contribution < 1.29 is 14.4 Å². The zero-order chi connectivity index (χ0) is 20.6. The predicted octanol–water partition coefficient (Wildman–Crippen LogP) is 4.39. The molecule has 3 rings (SSSR count). The van der Waals surface area contributed by atoms with Crippen molar-refractivity contribution >= 4 is 29.1 Å². The van der Waals surface area contributed by atoms with Gasteiger partial charge in [0, 0.05) is 16.9 Å². The second-order valence-corrected chi connectivity index (χ2v) is 6.43. The Bertz CT molecular complexity index is 987. The Labute approximate surface area is 169 Å². The number of ketones is 1. The lowest BCUT2D eigenvalue weighted by molar-refractivity contribution is -0.118. The van der Waals surface area contributed by atoms with Gasteiger partial charge < -0.3 is 16.0 Å². The second-order valence-electron chi connectivity index (χ2n) is 6.43. The van der Waals surface area contributed by atoms with Gasteiger partial charge in [-0.25, -0.2) is 4.79 Å². The molecule has 0 heterocycles. The van der Waals surface area contributed by atoms with Crippen molar-refractivity contribution in [3.05, 3.63) is 96.1 Å². The molecule has 0 aliphatic rings. The molecule has 146 valence electrons. The number of carbonyl (C=O) groups excluding carboxylic acids is 3. The van der Waals surface area contributed by atoms with E-state index >= 15 is 0 Å². The van der Waals surface area contributed by atoms with Gasteiger partial charge in [0.15, 0.2) is 5.78 Å². The second kappa shape index (κ2) is 9.32. The van der Waals surface area contributed by atoms with E-state index in [1.807, 2.05) is 24.3 Å². The summed E-state index contributed by atoms with van der Waals surface area (Å²) in [6, 6.07) is 23.2. The number of benzene rings is 3. The van der Waals surface area contributed by atoms with E-state index in [1.165, 1.54) is 6.92 Å². The molecule has 3 aromatic rings. The Morgan fingerprint density at radius 2 is 1.24 bits per heavy atom. The van der Waals surface area contributed by atoms with E-state index in [0.29, 0.717) is 22.5 Å². The molecule has 3 N–H and O–H groups in total. The van der Waals surface area contributed by atoms with Crippen molar-refractivity contribution in [2.45, 2.75) is 13.0 Å². The summed E-state index contributed by atoms with van der Waals surface area (Å²) in [6.45, 7) is 1.48. The van der Waals surface area contributed by atoms with Crippen LogP contribution in [0.2, 0.25) is 0 Å². The summed E-state index contributed by atoms with van der Waals surface area (Å²) in [5.74, 6) is -0.410. The molecule has 0 saturated heterocycles. The lowest BCUT2D eigenvalue weighted by atomic mass is 10.1. The largest absolute Gasteiger partial charge is 0.324 e. The molecule has 0 radical (unpaired) electrons. The van der Waals surface area contributed by atoms with E-state index < -0.39 is 12.1 Å². The molecule has 29 heavy (non-hydrogen) atoms. The van der Waals surface area contributed by atoms with Gasteiger partial charge in [0.1, 0.15) is 6.04 Å². The Morgan fingerprint density at radius 3 is 1.83 bits per heavy atom. The maximum atomic E-state index is 12.8. The number of hydrogen-bond donors (Lipinski definition) is 3. The third kappa shape index (κ3) is 5.52. The molecule has 3 aromatic carbocycles. The molecule has 0 bridgehead atoms. The summed E-state index contributed by atoms with van der Waals surface area (Å²) in [4.78, 5) is 36.7. The number of anilines is 2. The number of rotatable bonds is 6. The zero-order valence-electron chi connectivity index (χ0n) is 15.9. The van der Waals surface area contributed by atoms with Crippen molar-refractivity contribution in [1.82, 2.24) is 5.32 Å². The van der Waals surface area contributed by atoms with Crippen LogP contribution in [0.4, 0.5) is 16.2 Å². The highest BCUT2D eigenvalue weighted by molar-refractivity contribution is 6.00. The summed E-state index contributed by atoms with van der Waals surface area (Å²) < 4.78 is 0. The van der Waals surface area contributed by atoms with E-state index in [0.717, 1.165) is 0 Å². The van der Waals surface area contributed by atoms with E-state index in [-0.39, 0.29) is 11.7 Å². The third-order valence-corrected chi connectivity index (χ3v) is 4.26. The predicted molar refractivity (Wildman–Crippen MR) is 113 cm³/mol. The van der Waals surface area contributed by atoms with Gasteiger partial charge in [-0.1, -0.05) is 48.5 Å². The molecule has 6 heteroatoms. The fourth-order valence-corrected chi connectivity index (χ4v) is 2.77. The van der Waals surface area contributed by atoms with Crippen molar-refractivity contribution in [2.24, 2.45) is 0 Å². The van der Waals surface area contributed by atoms with Crippen LogP contribution in [0.25, 0.3) is 0 Å². The lowest BCUT2D eigenvalue weighted by Gasteiger charge is -2.19. The van der Waals surface area contributed by atoms with E-state index in [1.54, 1.807) is 60.7 Å². The summed E-state index contributed by atoms with van der Waals surface area (Å²) in [5, 5.41) is 8.21. The molecule has 3 amide bonds. The third-order valence-electron chi connectivity index (χ3n) is 4.26. The van der Waals surface area contributed by atoms with Gasteiger partial charge in [0.2, 0.25) is 0 Å². The Balaban J connectivity index is 1.73. The smallest absolute Gasteiger partial charge is 0.320 e. The first-order chi connectivity index (χ1) is 14.0. The highest BCUT2D eigenvalue weighted by atomic mass is 16.2. The van der Waals surface area contributed by atoms with Crippen LogP contribution >= 0.6 is 0 Å². The molecular formula is C23H21N3O3. The van der Waals surface area contributed by atoms with Crippen LogP contribution in [0.1, 0.15) is 28.9 Å². The molecule has 0 aromatic heterocycles. The normalized spacial score (nSPS) is 11.2. The fraction of sp³-hybridized carbons (Fsp3) is 0.0870. The Hall–Kier alpha value is -3.93. The minimum absolute atomic E-state index is 0.0530. The number of amides is 3. The molecule has 1 atom stereocenters. The standard InChI is InChI=1S/C23H21N3O3/c1-16(27)17-12-14-20(15-13-17)25-23(29)26-21(18-8-4-2-5-9-18)22(28)24-19-10-6-3-7-11-19/h2-15,21H,1H3,(H,24,28)(H2,25,26,29). The van der Waals surface area contributed by atoms with Crippen molar-refractivity contribution in [1.29, 1.82) is 0 Å². The summed E-state index contributed by atoms with van der Waals surface area (Å²) >= 11 is 0. The van der Waals surface area contributed by atoms with Crippen LogP contribution in [0.3, 0.4) is 0 Å². The quantitative estimate of drug-likeness (QED) is 0.548. The Morgan fingerprint density at radius 1 is 0.690 bits per heavy atom. The number of Topliss-reactive ketones (excluding diaryl/α,β-unsaturated/α-hetero) is 1. The summed E-state index contributed by atoms with van der Waals surface area (Å²) in [7, 11) is 0. The van der Waals surface area contributed by atoms with Gasteiger partial charge in [-0.15, -0.1) is 0 Å². The van der Waals surface area contributed by atoms with Gasteiger partial charge in [0.25, 0.3) is 5.91 Å². The van der Waals surface area contributed by atoms with E-state index in [9.17, 15) is 14.4 Å². The molecule has 0 saturated carbocycles. The van der Waals surface area contributed by atoms with Crippen molar-refractivity contribution in [2.75, 3.05) is 10.6 Å². The fourth-order valence-electron chi connectivity index (χ4n) is 2.77. The molecule has 0 aliphatic carbocycles. The molecule has 6 nitrogen and oxygen atoms in total. The number of urea groups is 1. The molecule has 0 fully saturated rings. The van der Waals surface area contributed by atoms with Gasteiger partial charge >= 0.3 is 6.03 Å². The summed E-state index contributed by atoms with van der Waals surface area (Å²) in [6.07, 6.45) is 0. The van der Waals surface area contributed by atoms with Gasteiger partial charge in [0.05, 0.1) is 0 Å². The first-order valence-electron chi connectivity index (χ1n) is 9.12. The van der Waals surface area contributed by atoms with Crippen LogP contribution in [0.15, 0.2) is 84.9 Å². The summed E-state index contributed by atoms with van der Waals surface area (Å²) in [5.41, 5.74) is 2.37. The molecular weight excluding hydrogens is 366 g/mol. The molecule has 0 aliphatic heterocycles. The van der Waals surface area contributed by atoms with Gasteiger partial charge in [-0.05, 0) is 48.9 Å². The van der Waals surface area contributed by atoms with Crippen molar-refractivity contribution in [3.8, 4) is 0 Å². The topological polar surface area (TPSA) is 87.3 Å². The molecule has 1 unspecified atom stereocenters. The van der Waals surface area contributed by atoms with E-state index in [2.05, 4.69) is 16.0 Å². The first-order valence-corrected chi connectivity index (χ1v) is 9.12.